The predicted octanol–water partition coefficient (Wildman–Crippen LogP) is 3.40. The summed E-state index contributed by atoms with van der Waals surface area (Å²) < 4.78 is 1.59. The summed E-state index contributed by atoms with van der Waals surface area (Å²) in [5.41, 5.74) is 2.70. The Morgan fingerprint density at radius 1 is 1.24 bits per heavy atom. The number of hydrogen-bond acceptors (Lipinski definition) is 5. The molecule has 1 amide bonds. The molecular weight excluding hydrogens is 358 g/mol. The van der Waals surface area contributed by atoms with Crippen molar-refractivity contribution in [2.75, 3.05) is 11.1 Å². The molecule has 0 saturated carbocycles. The van der Waals surface area contributed by atoms with Gasteiger partial charge in [0, 0.05) is 29.1 Å². The third-order valence-corrected chi connectivity index (χ3v) is 4.70. The molecule has 3 aromatic rings. The number of halogens is 1. The van der Waals surface area contributed by atoms with Crippen LogP contribution in [0, 0.1) is 0 Å². The maximum Gasteiger partial charge on any atom is 0.234 e. The van der Waals surface area contributed by atoms with Gasteiger partial charge in [-0.05, 0) is 40.3 Å². The van der Waals surface area contributed by atoms with E-state index in [-0.39, 0.29) is 5.91 Å². The molecule has 0 atom stereocenters. The molecule has 0 aliphatic carbocycles. The zero-order chi connectivity index (χ0) is 17.6. The van der Waals surface area contributed by atoms with Crippen molar-refractivity contribution in [3.05, 3.63) is 59.1 Å². The first kappa shape index (κ1) is 17.4. The van der Waals surface area contributed by atoms with E-state index in [0.29, 0.717) is 16.6 Å². The lowest BCUT2D eigenvalue weighted by molar-refractivity contribution is -0.113. The van der Waals surface area contributed by atoms with Crippen molar-refractivity contribution in [3.63, 3.8) is 0 Å². The molecule has 0 aliphatic heterocycles. The Kier molecular flexibility index (Phi) is 5.67. The van der Waals surface area contributed by atoms with E-state index in [1.54, 1.807) is 23.5 Å². The number of nitrogens with zero attached hydrogens (tertiary/aromatic N) is 4. The van der Waals surface area contributed by atoms with Crippen molar-refractivity contribution < 1.29 is 4.79 Å². The van der Waals surface area contributed by atoms with Crippen LogP contribution in [0.2, 0.25) is 5.02 Å². The summed E-state index contributed by atoms with van der Waals surface area (Å²) in [5, 5.41) is 15.0. The monoisotopic (exact) mass is 373 g/mol. The van der Waals surface area contributed by atoms with E-state index in [1.807, 2.05) is 48.5 Å². The van der Waals surface area contributed by atoms with Crippen LogP contribution >= 0.6 is 23.4 Å². The van der Waals surface area contributed by atoms with Crippen molar-refractivity contribution in [2.45, 2.75) is 5.75 Å². The van der Waals surface area contributed by atoms with Gasteiger partial charge in [0.05, 0.1) is 5.75 Å². The van der Waals surface area contributed by atoms with Crippen LogP contribution < -0.4 is 5.32 Å². The van der Waals surface area contributed by atoms with E-state index in [2.05, 4.69) is 20.8 Å². The van der Waals surface area contributed by atoms with Crippen molar-refractivity contribution in [3.8, 4) is 11.4 Å². The minimum absolute atomic E-state index is 0.0489. The number of carbonyl (C=O) groups excluding carboxylic acids is 1. The number of thioether (sulfide) groups is 1. The fraction of sp³-hybridized carbons (Fsp3) is 0.176. The molecule has 128 valence electrons. The van der Waals surface area contributed by atoms with Gasteiger partial charge < -0.3 is 5.32 Å². The van der Waals surface area contributed by atoms with Gasteiger partial charge in [-0.1, -0.05) is 35.9 Å². The molecule has 0 radical (unpaired) electrons. The van der Waals surface area contributed by atoms with Gasteiger partial charge in [0.15, 0.2) is 5.82 Å². The highest BCUT2D eigenvalue weighted by atomic mass is 35.5. The van der Waals surface area contributed by atoms with Crippen molar-refractivity contribution in [1.82, 2.24) is 20.2 Å². The minimum atomic E-state index is -0.0489. The van der Waals surface area contributed by atoms with Crippen molar-refractivity contribution in [1.29, 1.82) is 0 Å². The topological polar surface area (TPSA) is 72.7 Å². The Hall–Kier alpha value is -2.38. The maximum absolute atomic E-state index is 12.1. The average molecular weight is 374 g/mol. The number of carbonyl (C=O) groups is 1. The van der Waals surface area contributed by atoms with Gasteiger partial charge in [0.1, 0.15) is 0 Å². The lowest BCUT2D eigenvalue weighted by Crippen LogP contribution is -2.14. The number of benzene rings is 2. The van der Waals surface area contributed by atoms with E-state index in [9.17, 15) is 4.79 Å². The van der Waals surface area contributed by atoms with Gasteiger partial charge >= 0.3 is 0 Å². The first-order valence-corrected chi connectivity index (χ1v) is 9.10. The Morgan fingerprint density at radius 3 is 2.76 bits per heavy atom. The number of tetrazole rings is 1. The minimum Gasteiger partial charge on any atom is -0.325 e. The van der Waals surface area contributed by atoms with Gasteiger partial charge in [-0.3, -0.25) is 4.79 Å². The molecule has 6 nitrogen and oxygen atoms in total. The van der Waals surface area contributed by atoms with Gasteiger partial charge in [-0.15, -0.1) is 16.9 Å². The van der Waals surface area contributed by atoms with Gasteiger partial charge in [-0.2, -0.15) is 0 Å². The summed E-state index contributed by atoms with van der Waals surface area (Å²) >= 11 is 7.41. The molecule has 1 aromatic heterocycles. The highest BCUT2D eigenvalue weighted by molar-refractivity contribution is 7.99. The number of anilines is 1. The van der Waals surface area contributed by atoms with Crippen LogP contribution in [-0.4, -0.2) is 31.9 Å². The number of aryl methyl sites for hydroxylation is 1. The normalized spacial score (nSPS) is 10.6. The second kappa shape index (κ2) is 8.13. The second-order valence-corrected chi connectivity index (χ2v) is 6.80. The molecular formula is C17H16ClN5OS. The summed E-state index contributed by atoms with van der Waals surface area (Å²) in [6, 6.07) is 15.1. The van der Waals surface area contributed by atoms with E-state index < -0.39 is 0 Å². The molecule has 25 heavy (non-hydrogen) atoms. The summed E-state index contributed by atoms with van der Waals surface area (Å²) in [6.45, 7) is 0. The molecule has 1 N–H and O–H groups in total. The lowest BCUT2D eigenvalue weighted by atomic mass is 10.2. The molecule has 0 aliphatic rings. The SMILES string of the molecule is Cn1nnnc1-c1cccc(NC(=O)CSCc2ccc(Cl)cc2)c1. The third-order valence-electron chi connectivity index (χ3n) is 3.44. The van der Waals surface area contributed by atoms with Crippen LogP contribution in [0.15, 0.2) is 48.5 Å². The molecule has 0 unspecified atom stereocenters. The molecule has 0 saturated heterocycles. The molecule has 3 rings (SSSR count). The summed E-state index contributed by atoms with van der Waals surface area (Å²) in [5.74, 6) is 1.73. The van der Waals surface area contributed by atoms with Crippen LogP contribution in [0.5, 0.6) is 0 Å². The van der Waals surface area contributed by atoms with Crippen LogP contribution in [0.3, 0.4) is 0 Å². The number of amides is 1. The standard InChI is InChI=1S/C17H16ClN5OS/c1-23-17(20-21-22-23)13-3-2-4-15(9-13)19-16(24)11-25-10-12-5-7-14(18)8-6-12/h2-9H,10-11H2,1H3,(H,19,24). The molecule has 8 heteroatoms. The second-order valence-electron chi connectivity index (χ2n) is 5.37. The Balaban J connectivity index is 1.54. The van der Waals surface area contributed by atoms with Gasteiger partial charge in [0.25, 0.3) is 0 Å². The van der Waals surface area contributed by atoms with Gasteiger partial charge in [-0.25, -0.2) is 4.68 Å². The molecule has 0 fully saturated rings. The van der Waals surface area contributed by atoms with Crippen LogP contribution in [0.25, 0.3) is 11.4 Å². The Bertz CT molecular complexity index is 865. The quantitative estimate of drug-likeness (QED) is 0.716. The van der Waals surface area contributed by atoms with Crippen molar-refractivity contribution >= 4 is 35.0 Å². The van der Waals surface area contributed by atoms with Gasteiger partial charge in [0.2, 0.25) is 5.91 Å². The fourth-order valence-electron chi connectivity index (χ4n) is 2.25. The summed E-state index contributed by atoms with van der Waals surface area (Å²) in [7, 11) is 1.77. The van der Waals surface area contributed by atoms with E-state index in [4.69, 9.17) is 11.6 Å². The van der Waals surface area contributed by atoms with E-state index in [0.717, 1.165) is 22.6 Å². The Morgan fingerprint density at radius 2 is 2.04 bits per heavy atom. The van der Waals surface area contributed by atoms with Crippen LogP contribution in [-0.2, 0) is 17.6 Å². The molecule has 0 bridgehead atoms. The fourth-order valence-corrected chi connectivity index (χ4v) is 3.16. The summed E-state index contributed by atoms with van der Waals surface area (Å²) in [4.78, 5) is 12.1. The highest BCUT2D eigenvalue weighted by Gasteiger charge is 2.08. The zero-order valence-electron chi connectivity index (χ0n) is 13.5. The maximum atomic E-state index is 12.1. The highest BCUT2D eigenvalue weighted by Crippen LogP contribution is 2.20. The average Bonchev–Trinajstić information content (AvgIpc) is 3.03. The number of aromatic nitrogens is 4. The first-order valence-electron chi connectivity index (χ1n) is 7.56. The zero-order valence-corrected chi connectivity index (χ0v) is 15.1. The lowest BCUT2D eigenvalue weighted by Gasteiger charge is -2.07. The Labute approximate surface area is 154 Å². The molecule has 0 spiro atoms. The number of hydrogen-bond donors (Lipinski definition) is 1. The van der Waals surface area contributed by atoms with Crippen LogP contribution in [0.1, 0.15) is 5.56 Å². The number of nitrogens with one attached hydrogen (secondary N) is 1. The van der Waals surface area contributed by atoms with Crippen LogP contribution in [0.4, 0.5) is 5.69 Å². The molecule has 2 aromatic carbocycles. The predicted molar refractivity (Wildman–Crippen MR) is 100 cm³/mol. The smallest absolute Gasteiger partial charge is 0.234 e. The largest absolute Gasteiger partial charge is 0.325 e. The molecule has 1 heterocycles. The van der Waals surface area contributed by atoms with Crippen molar-refractivity contribution in [2.24, 2.45) is 7.05 Å². The van der Waals surface area contributed by atoms with E-state index in [1.165, 1.54) is 0 Å². The van der Waals surface area contributed by atoms with E-state index >= 15 is 0 Å². The first-order chi connectivity index (χ1) is 12.1. The number of rotatable bonds is 6. The summed E-state index contributed by atoms with van der Waals surface area (Å²) in [6.07, 6.45) is 0. The third kappa shape index (κ3) is 4.80.